The van der Waals surface area contributed by atoms with Crippen LogP contribution in [0, 0.1) is 0 Å². The first-order chi connectivity index (χ1) is 12.4. The number of benzene rings is 1. The molecule has 0 aromatic heterocycles. The van der Waals surface area contributed by atoms with Crippen LogP contribution in [0.25, 0.3) is 0 Å². The molecule has 1 aliphatic carbocycles. The van der Waals surface area contributed by atoms with Gasteiger partial charge < -0.3 is 10.1 Å². The fraction of sp³-hybridized carbons (Fsp3) is 0.700. The molecule has 0 radical (unpaired) electrons. The standard InChI is InChI=1S/C20H32N2O3S/c1-3-17-13-19(22-26(2,23)24)20(21-17)14-25-18-11-9-16(10-12-18)15-7-5-4-6-8-15/h4-8,16-22H,3,9-14H2,1-2H3. The molecule has 1 aromatic rings. The lowest BCUT2D eigenvalue weighted by Gasteiger charge is -2.30. The molecule has 2 N–H and O–H groups in total. The molecule has 6 heteroatoms. The van der Waals surface area contributed by atoms with Crippen molar-refractivity contribution in [1.29, 1.82) is 0 Å². The minimum atomic E-state index is -3.20. The predicted octanol–water partition coefficient (Wildman–Crippen LogP) is 2.79. The third-order valence-corrected chi connectivity index (χ3v) is 6.52. The second-order valence-corrected chi connectivity index (χ2v) is 9.61. The van der Waals surface area contributed by atoms with Crippen LogP contribution < -0.4 is 10.0 Å². The van der Waals surface area contributed by atoms with Crippen LogP contribution in [0.4, 0.5) is 0 Å². The Hall–Kier alpha value is -0.950. The van der Waals surface area contributed by atoms with Crippen LogP contribution in [-0.2, 0) is 14.8 Å². The second kappa shape index (κ2) is 8.83. The van der Waals surface area contributed by atoms with Gasteiger partial charge in [-0.3, -0.25) is 0 Å². The van der Waals surface area contributed by atoms with Gasteiger partial charge in [-0.2, -0.15) is 0 Å². The summed E-state index contributed by atoms with van der Waals surface area (Å²) >= 11 is 0. The zero-order chi connectivity index (χ0) is 18.6. The van der Waals surface area contributed by atoms with Gasteiger partial charge in [0.05, 0.1) is 19.0 Å². The zero-order valence-electron chi connectivity index (χ0n) is 15.9. The molecule has 1 heterocycles. The summed E-state index contributed by atoms with van der Waals surface area (Å²) in [5, 5.41) is 3.54. The van der Waals surface area contributed by atoms with E-state index in [0.717, 1.165) is 38.5 Å². The van der Waals surface area contributed by atoms with Gasteiger partial charge in [-0.25, -0.2) is 13.1 Å². The quantitative estimate of drug-likeness (QED) is 0.763. The van der Waals surface area contributed by atoms with E-state index in [4.69, 9.17) is 4.74 Å². The topological polar surface area (TPSA) is 67.4 Å². The number of sulfonamides is 1. The lowest BCUT2D eigenvalue weighted by Crippen LogP contribution is -2.46. The largest absolute Gasteiger partial charge is 0.377 e. The smallest absolute Gasteiger partial charge is 0.209 e. The number of hydrogen-bond donors (Lipinski definition) is 2. The zero-order valence-corrected chi connectivity index (χ0v) is 16.7. The van der Waals surface area contributed by atoms with Gasteiger partial charge in [-0.1, -0.05) is 37.3 Å². The van der Waals surface area contributed by atoms with Gasteiger partial charge in [0.25, 0.3) is 0 Å². The van der Waals surface area contributed by atoms with Crippen LogP contribution >= 0.6 is 0 Å². The molecule has 0 bridgehead atoms. The van der Waals surface area contributed by atoms with E-state index in [2.05, 4.69) is 47.3 Å². The predicted molar refractivity (Wildman–Crippen MR) is 105 cm³/mol. The Labute approximate surface area is 158 Å². The van der Waals surface area contributed by atoms with Crippen molar-refractivity contribution in [3.05, 3.63) is 35.9 Å². The molecule has 1 saturated carbocycles. The molecule has 3 unspecified atom stereocenters. The van der Waals surface area contributed by atoms with Gasteiger partial charge in [0.15, 0.2) is 0 Å². The van der Waals surface area contributed by atoms with Crippen molar-refractivity contribution in [2.24, 2.45) is 0 Å². The minimum absolute atomic E-state index is 0.0570. The lowest BCUT2D eigenvalue weighted by atomic mass is 9.83. The number of ether oxygens (including phenoxy) is 1. The summed E-state index contributed by atoms with van der Waals surface area (Å²) in [6.45, 7) is 2.70. The Balaban J connectivity index is 1.47. The summed E-state index contributed by atoms with van der Waals surface area (Å²) in [7, 11) is -3.20. The van der Waals surface area contributed by atoms with Crippen molar-refractivity contribution in [2.45, 2.75) is 75.6 Å². The van der Waals surface area contributed by atoms with Gasteiger partial charge in [0.2, 0.25) is 10.0 Å². The van der Waals surface area contributed by atoms with Crippen molar-refractivity contribution in [1.82, 2.24) is 10.0 Å². The Morgan fingerprint density at radius 3 is 2.46 bits per heavy atom. The van der Waals surface area contributed by atoms with E-state index in [0.29, 0.717) is 18.6 Å². The third-order valence-electron chi connectivity index (χ3n) is 5.79. The normalized spacial score (nSPS) is 32.6. The van der Waals surface area contributed by atoms with Crippen LogP contribution in [0.3, 0.4) is 0 Å². The molecule has 2 aliphatic rings. The summed E-state index contributed by atoms with van der Waals surface area (Å²) in [5.41, 5.74) is 1.44. The van der Waals surface area contributed by atoms with Gasteiger partial charge in [0, 0.05) is 18.1 Å². The highest BCUT2D eigenvalue weighted by molar-refractivity contribution is 7.88. The van der Waals surface area contributed by atoms with Crippen molar-refractivity contribution >= 4 is 10.0 Å². The van der Waals surface area contributed by atoms with Crippen molar-refractivity contribution in [3.63, 3.8) is 0 Å². The fourth-order valence-electron chi connectivity index (χ4n) is 4.34. The monoisotopic (exact) mass is 380 g/mol. The highest BCUT2D eigenvalue weighted by atomic mass is 32.2. The molecule has 1 aliphatic heterocycles. The van der Waals surface area contributed by atoms with E-state index in [1.54, 1.807) is 0 Å². The summed E-state index contributed by atoms with van der Waals surface area (Å²) < 4.78 is 32.2. The fourth-order valence-corrected chi connectivity index (χ4v) is 5.15. The molecule has 3 atom stereocenters. The first-order valence-electron chi connectivity index (χ1n) is 9.84. The lowest BCUT2D eigenvalue weighted by molar-refractivity contribution is 0.0121. The van der Waals surface area contributed by atoms with Crippen LogP contribution in [0.15, 0.2) is 30.3 Å². The molecule has 146 valence electrons. The average Bonchev–Trinajstić information content (AvgIpc) is 3.01. The Morgan fingerprint density at radius 2 is 1.85 bits per heavy atom. The van der Waals surface area contributed by atoms with E-state index in [9.17, 15) is 8.42 Å². The van der Waals surface area contributed by atoms with Gasteiger partial charge in [-0.15, -0.1) is 0 Å². The third kappa shape index (κ3) is 5.52. The molecule has 2 fully saturated rings. The van der Waals surface area contributed by atoms with Crippen LogP contribution in [-0.4, -0.2) is 45.5 Å². The summed E-state index contributed by atoms with van der Waals surface area (Å²) in [5.74, 6) is 0.643. The van der Waals surface area contributed by atoms with Crippen LogP contribution in [0.2, 0.25) is 0 Å². The maximum absolute atomic E-state index is 11.6. The van der Waals surface area contributed by atoms with Crippen molar-refractivity contribution < 1.29 is 13.2 Å². The SMILES string of the molecule is CCC1CC(NS(C)(=O)=O)C(COC2CCC(c3ccccc3)CC2)N1. The maximum Gasteiger partial charge on any atom is 0.209 e. The second-order valence-electron chi connectivity index (χ2n) is 7.83. The van der Waals surface area contributed by atoms with Crippen LogP contribution in [0.1, 0.15) is 56.9 Å². The van der Waals surface area contributed by atoms with E-state index in [1.807, 2.05) is 0 Å². The number of rotatable bonds is 7. The van der Waals surface area contributed by atoms with Crippen molar-refractivity contribution in [2.75, 3.05) is 12.9 Å². The highest BCUT2D eigenvalue weighted by Crippen LogP contribution is 2.34. The molecule has 0 amide bonds. The van der Waals surface area contributed by atoms with Gasteiger partial charge in [0.1, 0.15) is 0 Å². The number of nitrogens with one attached hydrogen (secondary N) is 2. The molecule has 0 spiro atoms. The first kappa shape index (κ1) is 19.8. The molecule has 1 saturated heterocycles. The van der Waals surface area contributed by atoms with E-state index in [-0.39, 0.29) is 18.2 Å². The average molecular weight is 381 g/mol. The van der Waals surface area contributed by atoms with E-state index < -0.39 is 10.0 Å². The summed E-state index contributed by atoms with van der Waals surface area (Å²) in [4.78, 5) is 0. The summed E-state index contributed by atoms with van der Waals surface area (Å²) in [6, 6.07) is 11.1. The first-order valence-corrected chi connectivity index (χ1v) is 11.7. The Morgan fingerprint density at radius 1 is 1.15 bits per heavy atom. The van der Waals surface area contributed by atoms with Gasteiger partial charge >= 0.3 is 0 Å². The summed E-state index contributed by atoms with van der Waals surface area (Å²) in [6.07, 6.45) is 7.83. The van der Waals surface area contributed by atoms with E-state index >= 15 is 0 Å². The Kier molecular flexibility index (Phi) is 6.72. The minimum Gasteiger partial charge on any atom is -0.377 e. The molecule has 5 nitrogen and oxygen atoms in total. The maximum atomic E-state index is 11.6. The molecule has 3 rings (SSSR count). The van der Waals surface area contributed by atoms with Crippen molar-refractivity contribution in [3.8, 4) is 0 Å². The van der Waals surface area contributed by atoms with E-state index in [1.165, 1.54) is 11.8 Å². The van der Waals surface area contributed by atoms with Gasteiger partial charge in [-0.05, 0) is 50.0 Å². The highest BCUT2D eigenvalue weighted by Gasteiger charge is 2.35. The molecular formula is C20H32N2O3S. The number of hydrogen-bond acceptors (Lipinski definition) is 4. The molecule has 26 heavy (non-hydrogen) atoms. The molecular weight excluding hydrogens is 348 g/mol. The van der Waals surface area contributed by atoms with Crippen LogP contribution in [0.5, 0.6) is 0 Å². The molecule has 1 aromatic carbocycles. The Bertz CT molecular complexity index is 657.